The number of aryl methyl sites for hydroxylation is 2. The molecule has 2 aromatic carbocycles. The predicted molar refractivity (Wildman–Crippen MR) is 138 cm³/mol. The van der Waals surface area contributed by atoms with E-state index in [1.165, 1.54) is 10.9 Å². The lowest BCUT2D eigenvalue weighted by molar-refractivity contribution is 0.370. The third-order valence-electron chi connectivity index (χ3n) is 6.01. The summed E-state index contributed by atoms with van der Waals surface area (Å²) in [6.45, 7) is 2.25. The van der Waals surface area contributed by atoms with Gasteiger partial charge < -0.3 is 29.7 Å². The van der Waals surface area contributed by atoms with E-state index in [0.717, 1.165) is 16.3 Å². The summed E-state index contributed by atoms with van der Waals surface area (Å²) >= 11 is 0. The zero-order chi connectivity index (χ0) is 26.2. The van der Waals surface area contributed by atoms with Crippen LogP contribution in [0.4, 0.5) is 5.82 Å². The van der Waals surface area contributed by atoms with Crippen molar-refractivity contribution >= 4 is 35.3 Å². The maximum atomic E-state index is 11.0. The Hall–Kier alpha value is -3.92. The zero-order valence-corrected chi connectivity index (χ0v) is 20.9. The van der Waals surface area contributed by atoms with Crippen LogP contribution in [0.1, 0.15) is 30.0 Å². The molecule has 37 heavy (non-hydrogen) atoms. The maximum Gasteiger partial charge on any atom is 0.325 e. The molecular weight excluding hydrogens is 497 g/mol. The molecule has 5 rings (SSSR count). The number of benzene rings is 2. The molecule has 5 N–H and O–H groups in total. The van der Waals surface area contributed by atoms with Crippen molar-refractivity contribution in [3.05, 3.63) is 65.9 Å². The molecule has 0 saturated heterocycles. The fourth-order valence-corrected chi connectivity index (χ4v) is 4.83. The van der Waals surface area contributed by atoms with Gasteiger partial charge in [-0.2, -0.15) is 0 Å². The molecule has 0 bridgehead atoms. The lowest BCUT2D eigenvalue weighted by Gasteiger charge is -2.09. The van der Waals surface area contributed by atoms with Gasteiger partial charge in [-0.25, -0.2) is 19.5 Å². The highest BCUT2D eigenvalue weighted by atomic mass is 31.2. The fourth-order valence-electron chi connectivity index (χ4n) is 4.20. The molecule has 3 aromatic heterocycles. The lowest BCUT2D eigenvalue weighted by Crippen LogP contribution is -2.05. The molecule has 0 amide bonds. The van der Waals surface area contributed by atoms with E-state index in [2.05, 4.69) is 44.5 Å². The summed E-state index contributed by atoms with van der Waals surface area (Å²) in [6.07, 6.45) is 1.96. The van der Waals surface area contributed by atoms with Gasteiger partial charge >= 0.3 is 7.60 Å². The summed E-state index contributed by atoms with van der Waals surface area (Å²) in [5, 5.41) is 26.5. The molecular formula is C25H26N5O6P. The van der Waals surface area contributed by atoms with Crippen LogP contribution in [0, 0.1) is 6.92 Å². The second-order valence-corrected chi connectivity index (χ2v) is 10.6. The number of hydrogen-bond donors (Lipinski definition) is 5. The van der Waals surface area contributed by atoms with Crippen molar-refractivity contribution in [3.63, 3.8) is 0 Å². The van der Waals surface area contributed by atoms with Crippen molar-refractivity contribution in [1.29, 1.82) is 0 Å². The Bertz CT molecular complexity index is 1640. The second-order valence-electron chi connectivity index (χ2n) is 8.81. The highest BCUT2D eigenvalue weighted by molar-refractivity contribution is 7.51. The summed E-state index contributed by atoms with van der Waals surface area (Å²) < 4.78 is 18.2. The van der Waals surface area contributed by atoms with Gasteiger partial charge in [0.2, 0.25) is 11.5 Å². The number of nitrogens with one attached hydrogen (secondary N) is 1. The number of hydrogen-bond acceptors (Lipinski definition) is 8. The summed E-state index contributed by atoms with van der Waals surface area (Å²) in [7, 11) is -4.09. The van der Waals surface area contributed by atoms with Gasteiger partial charge in [-0.3, -0.25) is 4.57 Å². The predicted octanol–water partition coefficient (Wildman–Crippen LogP) is 4.39. The topological polar surface area (TPSA) is 167 Å². The third kappa shape index (κ3) is 5.29. The average Bonchev–Trinajstić information content (AvgIpc) is 3.40. The Kier molecular flexibility index (Phi) is 6.59. The van der Waals surface area contributed by atoms with Crippen molar-refractivity contribution in [2.75, 3.05) is 11.5 Å². The number of aromatic nitrogens is 4. The molecule has 192 valence electrons. The molecule has 0 aliphatic carbocycles. The first-order chi connectivity index (χ1) is 17.7. The number of fused-ring (bicyclic) bond motifs is 2. The van der Waals surface area contributed by atoms with Gasteiger partial charge in [-0.1, -0.05) is 36.4 Å². The number of anilines is 1. The van der Waals surface area contributed by atoms with E-state index in [9.17, 15) is 14.8 Å². The quantitative estimate of drug-likeness (QED) is 0.138. The van der Waals surface area contributed by atoms with Gasteiger partial charge in [-0.05, 0) is 42.2 Å². The van der Waals surface area contributed by atoms with Gasteiger partial charge in [0, 0.05) is 19.1 Å². The normalized spacial score (nSPS) is 12.0. The van der Waals surface area contributed by atoms with E-state index in [1.54, 1.807) is 6.92 Å². The van der Waals surface area contributed by atoms with Crippen LogP contribution in [0.25, 0.3) is 27.8 Å². The lowest BCUT2D eigenvalue weighted by atomic mass is 10.1. The van der Waals surface area contributed by atoms with Crippen molar-refractivity contribution in [3.8, 4) is 17.4 Å². The van der Waals surface area contributed by atoms with Crippen LogP contribution in [-0.4, -0.2) is 45.7 Å². The second kappa shape index (κ2) is 9.85. The van der Waals surface area contributed by atoms with Gasteiger partial charge in [0.1, 0.15) is 12.2 Å². The first kappa shape index (κ1) is 24.8. The molecule has 0 unspecified atom stereocenters. The Labute approximate surface area is 211 Å². The number of unbranched alkanes of at least 4 members (excludes halogenated alkanes) is 1. The SMILES string of the molecule is Cc1nc(NCc2ccc3ccccc3c2)c2ncn(-c3oc(CCCCP(=O)(O)O)c(O)c3O)c2n1. The summed E-state index contributed by atoms with van der Waals surface area (Å²) in [4.78, 5) is 31.4. The molecule has 0 aliphatic rings. The van der Waals surface area contributed by atoms with Crippen LogP contribution in [0.2, 0.25) is 0 Å². The largest absolute Gasteiger partial charge is 0.502 e. The minimum Gasteiger partial charge on any atom is -0.502 e. The van der Waals surface area contributed by atoms with Crippen molar-refractivity contribution in [2.45, 2.75) is 32.7 Å². The van der Waals surface area contributed by atoms with E-state index in [4.69, 9.17) is 14.2 Å². The number of rotatable bonds is 9. The van der Waals surface area contributed by atoms with Crippen LogP contribution in [0.5, 0.6) is 11.5 Å². The molecule has 0 atom stereocenters. The Balaban J connectivity index is 1.39. The smallest absolute Gasteiger partial charge is 0.325 e. The molecule has 0 spiro atoms. The average molecular weight is 523 g/mol. The minimum absolute atomic E-state index is 0.0523. The van der Waals surface area contributed by atoms with Crippen LogP contribution in [0.15, 0.2) is 53.2 Å². The van der Waals surface area contributed by atoms with E-state index in [-0.39, 0.29) is 30.6 Å². The van der Waals surface area contributed by atoms with E-state index >= 15 is 0 Å². The van der Waals surface area contributed by atoms with Gasteiger partial charge in [0.15, 0.2) is 22.7 Å². The molecule has 12 heteroatoms. The summed E-state index contributed by atoms with van der Waals surface area (Å²) in [5.74, 6) is 0.161. The molecule has 0 fully saturated rings. The Morgan fingerprint density at radius 1 is 1.03 bits per heavy atom. The Morgan fingerprint density at radius 3 is 2.59 bits per heavy atom. The van der Waals surface area contributed by atoms with Gasteiger partial charge in [0.25, 0.3) is 5.88 Å². The van der Waals surface area contributed by atoms with Crippen molar-refractivity contribution < 1.29 is 29.0 Å². The van der Waals surface area contributed by atoms with E-state index < -0.39 is 19.1 Å². The van der Waals surface area contributed by atoms with Crippen LogP contribution >= 0.6 is 7.60 Å². The molecule has 5 aromatic rings. The standard InChI is InChI=1S/C25H26N5O6P/c1-15-28-23(26-13-16-9-10-17-6-2-3-7-18(17)12-16)20-24(29-15)30(14-27-20)25-22(32)21(31)19(36-25)8-4-5-11-37(33,34)35/h2-3,6-7,9-10,12,14,31-32H,4-5,8,11,13H2,1H3,(H,26,28,29)(H2,33,34,35). The molecule has 0 aliphatic heterocycles. The van der Waals surface area contributed by atoms with Crippen LogP contribution in [0.3, 0.4) is 0 Å². The number of nitrogens with zero attached hydrogens (tertiary/aromatic N) is 4. The number of furan rings is 1. The van der Waals surface area contributed by atoms with E-state index in [0.29, 0.717) is 35.8 Å². The fraction of sp³-hybridized carbons (Fsp3) is 0.240. The number of imidazole rings is 1. The third-order valence-corrected chi connectivity index (χ3v) is 6.91. The molecule has 0 saturated carbocycles. The number of aromatic hydroxyl groups is 2. The minimum atomic E-state index is -4.09. The maximum absolute atomic E-state index is 11.0. The molecule has 0 radical (unpaired) electrons. The summed E-state index contributed by atoms with van der Waals surface area (Å²) in [6, 6.07) is 14.3. The summed E-state index contributed by atoms with van der Waals surface area (Å²) in [5.41, 5.74) is 1.91. The monoisotopic (exact) mass is 523 g/mol. The first-order valence-corrected chi connectivity index (χ1v) is 13.5. The first-order valence-electron chi connectivity index (χ1n) is 11.7. The molecule has 3 heterocycles. The van der Waals surface area contributed by atoms with Crippen molar-refractivity contribution in [1.82, 2.24) is 19.5 Å². The highest BCUT2D eigenvalue weighted by Crippen LogP contribution is 2.41. The van der Waals surface area contributed by atoms with Crippen molar-refractivity contribution in [2.24, 2.45) is 0 Å². The van der Waals surface area contributed by atoms with Gasteiger partial charge in [0.05, 0.1) is 0 Å². The molecule has 11 nitrogen and oxygen atoms in total. The van der Waals surface area contributed by atoms with Crippen LogP contribution < -0.4 is 5.32 Å². The van der Waals surface area contributed by atoms with Crippen LogP contribution in [-0.2, 0) is 17.5 Å². The van der Waals surface area contributed by atoms with E-state index in [1.807, 2.05) is 18.2 Å². The van der Waals surface area contributed by atoms with Gasteiger partial charge in [-0.15, -0.1) is 0 Å². The zero-order valence-electron chi connectivity index (χ0n) is 20.0. The Morgan fingerprint density at radius 2 is 1.81 bits per heavy atom. The highest BCUT2D eigenvalue weighted by Gasteiger charge is 2.24.